The Hall–Kier alpha value is -1.02. The molecule has 2 aliphatic rings. The van der Waals surface area contributed by atoms with Crippen molar-refractivity contribution in [2.75, 3.05) is 6.54 Å². The molecule has 0 aromatic heterocycles. The molecule has 0 amide bonds. The van der Waals surface area contributed by atoms with Crippen LogP contribution in [0.4, 0.5) is 0 Å². The second-order valence-electron chi connectivity index (χ2n) is 4.38. The van der Waals surface area contributed by atoms with Crippen LogP contribution in [-0.2, 0) is 6.42 Å². The molecule has 1 fully saturated rings. The van der Waals surface area contributed by atoms with Crippen molar-refractivity contribution in [2.45, 2.75) is 31.2 Å². The van der Waals surface area contributed by atoms with Crippen LogP contribution in [0, 0.1) is 0 Å². The Morgan fingerprint density at radius 1 is 1.29 bits per heavy atom. The van der Waals surface area contributed by atoms with Crippen molar-refractivity contribution in [1.82, 2.24) is 5.32 Å². The minimum absolute atomic E-state index is 0.410. The molecule has 1 aliphatic heterocycles. The van der Waals surface area contributed by atoms with Crippen LogP contribution in [-0.4, -0.2) is 17.7 Å². The molecule has 1 aliphatic carbocycles. The Bertz CT molecular complexity index is 361. The van der Waals surface area contributed by atoms with Crippen LogP contribution in [0.2, 0.25) is 0 Å². The van der Waals surface area contributed by atoms with Crippen LogP contribution in [0.25, 0.3) is 0 Å². The lowest BCUT2D eigenvalue weighted by Crippen LogP contribution is -2.30. The highest BCUT2D eigenvalue weighted by molar-refractivity contribution is 5.40. The molecule has 0 saturated carbocycles. The zero-order chi connectivity index (χ0) is 9.54. The lowest BCUT2D eigenvalue weighted by Gasteiger charge is -2.28. The molecule has 0 radical (unpaired) electrons. The molecule has 2 N–H and O–H groups in total. The summed E-state index contributed by atoms with van der Waals surface area (Å²) in [5.74, 6) is 1.10. The number of nitrogens with one attached hydrogen (secondary N) is 1. The van der Waals surface area contributed by atoms with Crippen molar-refractivity contribution >= 4 is 0 Å². The van der Waals surface area contributed by atoms with Gasteiger partial charge in [-0.15, -0.1) is 0 Å². The molecule has 1 aromatic rings. The van der Waals surface area contributed by atoms with Crippen LogP contribution in [0.1, 0.15) is 29.9 Å². The van der Waals surface area contributed by atoms with Crippen molar-refractivity contribution in [3.05, 3.63) is 29.3 Å². The summed E-state index contributed by atoms with van der Waals surface area (Å²) < 4.78 is 0. The molecule has 1 heterocycles. The van der Waals surface area contributed by atoms with Gasteiger partial charge in [-0.25, -0.2) is 0 Å². The first-order chi connectivity index (χ1) is 6.84. The number of phenols is 1. The first kappa shape index (κ1) is 8.30. The van der Waals surface area contributed by atoms with E-state index in [1.165, 1.54) is 24.0 Å². The quantitative estimate of drug-likeness (QED) is 0.652. The molecule has 0 bridgehead atoms. The number of phenolic OH excluding ortho intramolecular Hbond substituents is 1. The van der Waals surface area contributed by atoms with Crippen molar-refractivity contribution in [3.63, 3.8) is 0 Å². The molecule has 1 saturated heterocycles. The summed E-state index contributed by atoms with van der Waals surface area (Å²) in [4.78, 5) is 0. The maximum Gasteiger partial charge on any atom is 0.115 e. The van der Waals surface area contributed by atoms with Gasteiger partial charge in [-0.05, 0) is 49.1 Å². The predicted molar refractivity (Wildman–Crippen MR) is 55.6 cm³/mol. The van der Waals surface area contributed by atoms with E-state index in [1.807, 2.05) is 12.1 Å². The first-order valence-corrected chi connectivity index (χ1v) is 5.40. The molecular weight excluding hydrogens is 174 g/mol. The maximum atomic E-state index is 9.41. The summed E-state index contributed by atoms with van der Waals surface area (Å²) in [6.45, 7) is 1.15. The fourth-order valence-corrected chi connectivity index (χ4v) is 2.92. The minimum atomic E-state index is 0.410. The van der Waals surface area contributed by atoms with E-state index < -0.39 is 0 Å². The smallest absolute Gasteiger partial charge is 0.115 e. The Labute approximate surface area is 84.0 Å². The highest BCUT2D eigenvalue weighted by Crippen LogP contribution is 2.38. The fraction of sp³-hybridized carbons (Fsp3) is 0.500. The summed E-state index contributed by atoms with van der Waals surface area (Å²) in [7, 11) is 0. The lowest BCUT2D eigenvalue weighted by atomic mass is 9.80. The van der Waals surface area contributed by atoms with Gasteiger partial charge in [0.2, 0.25) is 0 Å². The van der Waals surface area contributed by atoms with Crippen LogP contribution in [0.5, 0.6) is 5.75 Å². The van der Waals surface area contributed by atoms with E-state index in [9.17, 15) is 5.11 Å². The molecule has 74 valence electrons. The van der Waals surface area contributed by atoms with Gasteiger partial charge in [-0.2, -0.15) is 0 Å². The number of aryl methyl sites for hydroxylation is 1. The summed E-state index contributed by atoms with van der Waals surface area (Å²) in [5.41, 5.74) is 2.82. The molecule has 0 spiro atoms. The standard InChI is InChI=1S/C12H15NO/c14-9-2-3-10-8(7-9)1-4-12-11(10)5-6-13-12/h2-3,7,11-14H,1,4-6H2. The Balaban J connectivity index is 2.05. The number of hydrogen-bond acceptors (Lipinski definition) is 2. The SMILES string of the molecule is Oc1ccc2c(c1)CCC1NCCC21. The van der Waals surface area contributed by atoms with E-state index >= 15 is 0 Å². The third-order valence-electron chi connectivity index (χ3n) is 3.60. The van der Waals surface area contributed by atoms with E-state index in [4.69, 9.17) is 0 Å². The third-order valence-corrected chi connectivity index (χ3v) is 3.60. The van der Waals surface area contributed by atoms with E-state index in [0.717, 1.165) is 13.0 Å². The van der Waals surface area contributed by atoms with Crippen LogP contribution in [0.3, 0.4) is 0 Å². The minimum Gasteiger partial charge on any atom is -0.508 e. The average molecular weight is 189 g/mol. The number of aromatic hydroxyl groups is 1. The zero-order valence-electron chi connectivity index (χ0n) is 8.16. The molecule has 1 aromatic carbocycles. The Morgan fingerprint density at radius 3 is 3.14 bits per heavy atom. The molecule has 14 heavy (non-hydrogen) atoms. The largest absolute Gasteiger partial charge is 0.508 e. The van der Waals surface area contributed by atoms with Crippen LogP contribution >= 0.6 is 0 Å². The number of fused-ring (bicyclic) bond motifs is 3. The van der Waals surface area contributed by atoms with Crippen molar-refractivity contribution in [2.24, 2.45) is 0 Å². The fourth-order valence-electron chi connectivity index (χ4n) is 2.92. The Morgan fingerprint density at radius 2 is 2.21 bits per heavy atom. The normalized spacial score (nSPS) is 29.7. The van der Waals surface area contributed by atoms with E-state index in [1.54, 1.807) is 0 Å². The predicted octanol–water partition coefficient (Wildman–Crippen LogP) is 1.78. The van der Waals surface area contributed by atoms with Crippen molar-refractivity contribution in [1.29, 1.82) is 0 Å². The van der Waals surface area contributed by atoms with Crippen LogP contribution < -0.4 is 5.32 Å². The van der Waals surface area contributed by atoms with Gasteiger partial charge in [0.05, 0.1) is 0 Å². The lowest BCUT2D eigenvalue weighted by molar-refractivity contribution is 0.461. The third kappa shape index (κ3) is 1.14. The average Bonchev–Trinajstić information content (AvgIpc) is 2.65. The van der Waals surface area contributed by atoms with Gasteiger partial charge in [-0.1, -0.05) is 6.07 Å². The van der Waals surface area contributed by atoms with Gasteiger partial charge in [0.1, 0.15) is 5.75 Å². The van der Waals surface area contributed by atoms with E-state index in [0.29, 0.717) is 17.7 Å². The highest BCUT2D eigenvalue weighted by Gasteiger charge is 2.32. The second-order valence-corrected chi connectivity index (χ2v) is 4.38. The van der Waals surface area contributed by atoms with Crippen LogP contribution in [0.15, 0.2) is 18.2 Å². The summed E-state index contributed by atoms with van der Waals surface area (Å²) in [6.07, 6.45) is 3.58. The number of rotatable bonds is 0. The maximum absolute atomic E-state index is 9.41. The van der Waals surface area contributed by atoms with E-state index in [-0.39, 0.29) is 0 Å². The second kappa shape index (κ2) is 2.99. The van der Waals surface area contributed by atoms with Gasteiger partial charge in [0, 0.05) is 12.0 Å². The van der Waals surface area contributed by atoms with Crippen molar-refractivity contribution < 1.29 is 5.11 Å². The Kier molecular flexibility index (Phi) is 1.77. The molecule has 2 heteroatoms. The molecule has 2 unspecified atom stereocenters. The monoisotopic (exact) mass is 189 g/mol. The van der Waals surface area contributed by atoms with Crippen molar-refractivity contribution in [3.8, 4) is 5.75 Å². The highest BCUT2D eigenvalue weighted by atomic mass is 16.3. The molecule has 3 rings (SSSR count). The van der Waals surface area contributed by atoms with Gasteiger partial charge < -0.3 is 10.4 Å². The first-order valence-electron chi connectivity index (χ1n) is 5.40. The summed E-state index contributed by atoms with van der Waals surface area (Å²) in [5, 5.41) is 13.0. The van der Waals surface area contributed by atoms with Gasteiger partial charge in [0.25, 0.3) is 0 Å². The topological polar surface area (TPSA) is 32.3 Å². The summed E-state index contributed by atoms with van der Waals surface area (Å²) in [6, 6.07) is 6.55. The number of benzene rings is 1. The van der Waals surface area contributed by atoms with E-state index in [2.05, 4.69) is 11.4 Å². The molecule has 2 atom stereocenters. The zero-order valence-corrected chi connectivity index (χ0v) is 8.16. The number of hydrogen-bond donors (Lipinski definition) is 2. The summed E-state index contributed by atoms with van der Waals surface area (Å²) >= 11 is 0. The van der Waals surface area contributed by atoms with Gasteiger partial charge in [-0.3, -0.25) is 0 Å². The molecule has 2 nitrogen and oxygen atoms in total. The van der Waals surface area contributed by atoms with Gasteiger partial charge in [0.15, 0.2) is 0 Å². The molecular formula is C12H15NO. The van der Waals surface area contributed by atoms with Gasteiger partial charge >= 0.3 is 0 Å².